The van der Waals surface area contributed by atoms with Crippen molar-refractivity contribution < 1.29 is 24.5 Å². The average Bonchev–Trinajstić information content (AvgIpc) is 2.15. The van der Waals surface area contributed by atoms with Crippen LogP contribution in [0.3, 0.4) is 0 Å². The molecule has 6 nitrogen and oxygen atoms in total. The highest BCUT2D eigenvalue weighted by Gasteiger charge is 2.04. The number of ether oxygens (including phenoxy) is 1. The third-order valence-electron chi connectivity index (χ3n) is 1.32. The molecule has 0 spiro atoms. The maximum absolute atomic E-state index is 10.4. The molecule has 1 aromatic heterocycles. The van der Waals surface area contributed by atoms with Crippen LogP contribution in [0.5, 0.6) is 5.75 Å². The molecular formula is C8H7NO5. The van der Waals surface area contributed by atoms with Gasteiger partial charge in [-0.2, -0.15) is 0 Å². The molecule has 1 rings (SSSR count). The van der Waals surface area contributed by atoms with E-state index in [1.807, 2.05) is 0 Å². The van der Waals surface area contributed by atoms with Gasteiger partial charge in [0, 0.05) is 0 Å². The predicted octanol–water partition coefficient (Wildman–Crippen LogP) is 0.243. The van der Waals surface area contributed by atoms with E-state index in [2.05, 4.69) is 4.98 Å². The minimum Gasteiger partial charge on any atom is -0.480 e. The van der Waals surface area contributed by atoms with Crippen LogP contribution >= 0.6 is 0 Å². The maximum atomic E-state index is 10.4. The molecule has 0 unspecified atom stereocenters. The highest BCUT2D eigenvalue weighted by molar-refractivity contribution is 5.85. The van der Waals surface area contributed by atoms with E-state index in [0.29, 0.717) is 0 Å². The molecule has 0 radical (unpaired) electrons. The molecular weight excluding hydrogens is 190 g/mol. The average molecular weight is 197 g/mol. The number of rotatable bonds is 4. The Balaban J connectivity index is 2.64. The second kappa shape index (κ2) is 4.22. The second-order valence-electron chi connectivity index (χ2n) is 2.37. The SMILES string of the molecule is O=C(O)COc1ccc(C(=O)O)nc1. The van der Waals surface area contributed by atoms with E-state index in [4.69, 9.17) is 14.9 Å². The number of pyridine rings is 1. The third-order valence-corrected chi connectivity index (χ3v) is 1.32. The summed E-state index contributed by atoms with van der Waals surface area (Å²) in [6.45, 7) is -0.478. The smallest absolute Gasteiger partial charge is 0.354 e. The lowest BCUT2D eigenvalue weighted by Gasteiger charge is -2.01. The number of aromatic nitrogens is 1. The largest absolute Gasteiger partial charge is 0.480 e. The molecule has 14 heavy (non-hydrogen) atoms. The summed E-state index contributed by atoms with van der Waals surface area (Å²) in [6, 6.07) is 2.58. The molecule has 0 fully saturated rings. The van der Waals surface area contributed by atoms with E-state index in [1.54, 1.807) is 0 Å². The number of carboxylic acids is 2. The first-order valence-electron chi connectivity index (χ1n) is 3.63. The standard InChI is InChI=1S/C8H7NO5/c10-7(11)4-14-5-1-2-6(8(12)13)9-3-5/h1-3H,4H2,(H,10,11)(H,12,13). The van der Waals surface area contributed by atoms with Crippen LogP contribution in [0.2, 0.25) is 0 Å². The Morgan fingerprint density at radius 2 is 2.07 bits per heavy atom. The van der Waals surface area contributed by atoms with E-state index >= 15 is 0 Å². The van der Waals surface area contributed by atoms with Crippen molar-refractivity contribution in [3.63, 3.8) is 0 Å². The summed E-state index contributed by atoms with van der Waals surface area (Å²) in [4.78, 5) is 24.0. The van der Waals surface area contributed by atoms with Crippen molar-refractivity contribution >= 4 is 11.9 Å². The van der Waals surface area contributed by atoms with Crippen molar-refractivity contribution in [1.82, 2.24) is 4.98 Å². The van der Waals surface area contributed by atoms with Crippen LogP contribution in [0.1, 0.15) is 10.5 Å². The molecule has 0 aliphatic rings. The molecule has 2 N–H and O–H groups in total. The topological polar surface area (TPSA) is 96.7 Å². The summed E-state index contributed by atoms with van der Waals surface area (Å²) in [5.41, 5.74) is -0.118. The van der Waals surface area contributed by atoms with Crippen LogP contribution < -0.4 is 4.74 Å². The molecule has 0 aliphatic carbocycles. The zero-order valence-corrected chi connectivity index (χ0v) is 7.01. The van der Waals surface area contributed by atoms with Crippen molar-refractivity contribution in [1.29, 1.82) is 0 Å². The van der Waals surface area contributed by atoms with Crippen LogP contribution in [0.25, 0.3) is 0 Å². The van der Waals surface area contributed by atoms with Gasteiger partial charge in [-0.15, -0.1) is 0 Å². The fourth-order valence-electron chi connectivity index (χ4n) is 0.737. The van der Waals surface area contributed by atoms with E-state index in [9.17, 15) is 9.59 Å². The molecule has 0 saturated heterocycles. The number of carboxylic acid groups (broad SMARTS) is 2. The monoisotopic (exact) mass is 197 g/mol. The van der Waals surface area contributed by atoms with Gasteiger partial charge in [0.05, 0.1) is 6.20 Å². The van der Waals surface area contributed by atoms with Crippen molar-refractivity contribution in [2.24, 2.45) is 0 Å². The molecule has 0 aromatic carbocycles. The van der Waals surface area contributed by atoms with Crippen LogP contribution in [0, 0.1) is 0 Å². The molecule has 0 atom stereocenters. The number of aromatic carboxylic acids is 1. The summed E-state index contributed by atoms with van der Waals surface area (Å²) in [7, 11) is 0. The Hall–Kier alpha value is -2.11. The molecule has 0 bridgehead atoms. The van der Waals surface area contributed by atoms with Gasteiger partial charge in [0.1, 0.15) is 11.4 Å². The lowest BCUT2D eigenvalue weighted by molar-refractivity contribution is -0.139. The summed E-state index contributed by atoms with van der Waals surface area (Å²) < 4.78 is 4.75. The van der Waals surface area contributed by atoms with E-state index in [0.717, 1.165) is 6.20 Å². The minimum absolute atomic E-state index is 0.118. The summed E-state index contributed by atoms with van der Waals surface area (Å²) in [6.07, 6.45) is 1.16. The van der Waals surface area contributed by atoms with E-state index < -0.39 is 18.5 Å². The predicted molar refractivity (Wildman–Crippen MR) is 44.3 cm³/mol. The van der Waals surface area contributed by atoms with E-state index in [-0.39, 0.29) is 11.4 Å². The summed E-state index contributed by atoms with van der Waals surface area (Å²) in [5, 5.41) is 16.8. The number of aliphatic carboxylic acids is 1. The first kappa shape index (κ1) is 9.97. The zero-order chi connectivity index (χ0) is 10.6. The lowest BCUT2D eigenvalue weighted by atomic mass is 10.3. The minimum atomic E-state index is -1.14. The van der Waals surface area contributed by atoms with Crippen molar-refractivity contribution in [2.45, 2.75) is 0 Å². The Labute approximate surface area is 78.8 Å². The third kappa shape index (κ3) is 2.74. The molecule has 0 amide bonds. The lowest BCUT2D eigenvalue weighted by Crippen LogP contribution is -2.09. The highest BCUT2D eigenvalue weighted by Crippen LogP contribution is 2.08. The van der Waals surface area contributed by atoms with Crippen LogP contribution in [0.15, 0.2) is 18.3 Å². The molecule has 74 valence electrons. The van der Waals surface area contributed by atoms with Crippen LogP contribution in [0.4, 0.5) is 0 Å². The molecule has 1 aromatic rings. The van der Waals surface area contributed by atoms with Gasteiger partial charge in [-0.3, -0.25) is 0 Å². The number of carbonyl (C=O) groups is 2. The molecule has 6 heteroatoms. The zero-order valence-electron chi connectivity index (χ0n) is 7.01. The van der Waals surface area contributed by atoms with Gasteiger partial charge in [-0.25, -0.2) is 14.6 Å². The normalized spacial score (nSPS) is 9.43. The first-order valence-corrected chi connectivity index (χ1v) is 3.63. The van der Waals surface area contributed by atoms with Crippen molar-refractivity contribution in [3.05, 3.63) is 24.0 Å². The van der Waals surface area contributed by atoms with Gasteiger partial charge < -0.3 is 14.9 Å². The van der Waals surface area contributed by atoms with Crippen molar-refractivity contribution in [3.8, 4) is 5.75 Å². The van der Waals surface area contributed by atoms with Gasteiger partial charge in [-0.05, 0) is 12.1 Å². The van der Waals surface area contributed by atoms with Gasteiger partial charge in [-0.1, -0.05) is 0 Å². The Kier molecular flexibility index (Phi) is 3.01. The van der Waals surface area contributed by atoms with Gasteiger partial charge in [0.2, 0.25) is 0 Å². The molecule has 1 heterocycles. The number of hydrogen-bond donors (Lipinski definition) is 2. The second-order valence-corrected chi connectivity index (χ2v) is 2.37. The number of nitrogens with zero attached hydrogens (tertiary/aromatic N) is 1. The fourth-order valence-corrected chi connectivity index (χ4v) is 0.737. The fraction of sp³-hybridized carbons (Fsp3) is 0.125. The van der Waals surface area contributed by atoms with Gasteiger partial charge in [0.15, 0.2) is 6.61 Å². The highest BCUT2D eigenvalue weighted by atomic mass is 16.5. The van der Waals surface area contributed by atoms with Crippen LogP contribution in [-0.4, -0.2) is 33.7 Å². The summed E-state index contributed by atoms with van der Waals surface area (Å²) >= 11 is 0. The van der Waals surface area contributed by atoms with Gasteiger partial charge in [0.25, 0.3) is 0 Å². The summed E-state index contributed by atoms with van der Waals surface area (Å²) in [5.74, 6) is -2.03. The first-order chi connectivity index (χ1) is 6.59. The van der Waals surface area contributed by atoms with Crippen LogP contribution in [-0.2, 0) is 4.79 Å². The number of hydrogen-bond acceptors (Lipinski definition) is 4. The Morgan fingerprint density at radius 3 is 2.50 bits per heavy atom. The van der Waals surface area contributed by atoms with Crippen molar-refractivity contribution in [2.75, 3.05) is 6.61 Å². The van der Waals surface area contributed by atoms with E-state index in [1.165, 1.54) is 12.1 Å². The maximum Gasteiger partial charge on any atom is 0.354 e. The molecule has 0 aliphatic heterocycles. The quantitative estimate of drug-likeness (QED) is 0.717. The Bertz CT molecular complexity index is 345. The van der Waals surface area contributed by atoms with Gasteiger partial charge >= 0.3 is 11.9 Å². The Morgan fingerprint density at radius 1 is 1.36 bits per heavy atom. The molecule has 0 saturated carbocycles.